The minimum atomic E-state index is -0.676. The number of anilines is 2. The van der Waals surface area contributed by atoms with Crippen molar-refractivity contribution in [2.45, 2.75) is 25.3 Å². The summed E-state index contributed by atoms with van der Waals surface area (Å²) in [5.41, 5.74) is 8.80. The Kier molecular flexibility index (Phi) is 3.26. The lowest BCUT2D eigenvalue weighted by atomic mass is 9.87. The molecule has 0 bridgehead atoms. The van der Waals surface area contributed by atoms with Crippen LogP contribution in [0.15, 0.2) is 30.5 Å². The lowest BCUT2D eigenvalue weighted by Crippen LogP contribution is -2.19. The Labute approximate surface area is 115 Å². The molecule has 1 aromatic carbocycles. The average Bonchev–Trinajstić information content (AvgIpc) is 2.41. The molecule has 104 valence electrons. The molecule has 2 aromatic rings. The maximum absolute atomic E-state index is 13.7. The lowest BCUT2D eigenvalue weighted by molar-refractivity contribution is 0.561. The zero-order chi connectivity index (χ0) is 14.1. The van der Waals surface area contributed by atoms with E-state index >= 15 is 0 Å². The van der Waals surface area contributed by atoms with E-state index in [1.807, 2.05) is 18.2 Å². The largest absolute Gasteiger partial charge is 0.399 e. The Morgan fingerprint density at radius 3 is 2.90 bits per heavy atom. The van der Waals surface area contributed by atoms with Gasteiger partial charge in [-0.1, -0.05) is 6.07 Å². The van der Waals surface area contributed by atoms with Crippen LogP contribution in [0.5, 0.6) is 0 Å². The van der Waals surface area contributed by atoms with Gasteiger partial charge in [0, 0.05) is 11.8 Å². The fraction of sp³-hybridized carbons (Fsp3) is 0.267. The Balaban J connectivity index is 1.89. The molecular formula is C15H15F2N3. The van der Waals surface area contributed by atoms with Gasteiger partial charge >= 0.3 is 0 Å². The smallest absolute Gasteiger partial charge is 0.168 e. The number of pyridine rings is 1. The van der Waals surface area contributed by atoms with Gasteiger partial charge in [-0.15, -0.1) is 0 Å². The molecule has 3 N–H and O–H groups in total. The molecule has 0 fully saturated rings. The van der Waals surface area contributed by atoms with Crippen LogP contribution < -0.4 is 11.1 Å². The van der Waals surface area contributed by atoms with E-state index in [1.54, 1.807) is 0 Å². The highest BCUT2D eigenvalue weighted by Crippen LogP contribution is 2.33. The number of nitrogen functional groups attached to an aromatic ring is 1. The molecular weight excluding hydrogens is 260 g/mol. The van der Waals surface area contributed by atoms with E-state index in [2.05, 4.69) is 10.3 Å². The fourth-order valence-corrected chi connectivity index (χ4v) is 2.67. The summed E-state index contributed by atoms with van der Waals surface area (Å²) in [6.07, 6.45) is 3.86. The number of nitrogens with one attached hydrogen (secondary N) is 1. The van der Waals surface area contributed by atoms with Gasteiger partial charge < -0.3 is 11.1 Å². The van der Waals surface area contributed by atoms with Gasteiger partial charge in [-0.25, -0.2) is 13.8 Å². The van der Waals surface area contributed by atoms with E-state index in [4.69, 9.17) is 5.73 Å². The molecule has 0 aliphatic heterocycles. The summed E-state index contributed by atoms with van der Waals surface area (Å²) in [5.74, 6) is -1.27. The van der Waals surface area contributed by atoms with Gasteiger partial charge in [0.15, 0.2) is 11.6 Å². The van der Waals surface area contributed by atoms with Gasteiger partial charge in [-0.3, -0.25) is 0 Å². The van der Waals surface area contributed by atoms with Gasteiger partial charge in [0.05, 0.1) is 12.2 Å². The van der Waals surface area contributed by atoms with Crippen molar-refractivity contribution in [3.05, 3.63) is 53.2 Å². The van der Waals surface area contributed by atoms with E-state index < -0.39 is 11.6 Å². The minimum Gasteiger partial charge on any atom is -0.399 e. The summed E-state index contributed by atoms with van der Waals surface area (Å²) in [7, 11) is 0. The second kappa shape index (κ2) is 5.07. The molecule has 1 atom stereocenters. The molecule has 1 aromatic heterocycles. The molecule has 5 heteroatoms. The second-order valence-electron chi connectivity index (χ2n) is 5.03. The predicted octanol–water partition coefficient (Wildman–Crippen LogP) is 3.43. The Morgan fingerprint density at radius 2 is 2.10 bits per heavy atom. The second-order valence-corrected chi connectivity index (χ2v) is 5.03. The van der Waals surface area contributed by atoms with Crippen LogP contribution in [0.1, 0.15) is 30.0 Å². The third kappa shape index (κ3) is 2.43. The standard InChI is InChI=1S/C15H15F2N3/c16-10-7-13(17)15(19-8-10)20-14-3-1-2-9-6-11(18)4-5-12(9)14/h4-8,14H,1-3,18H2,(H,19,20). The maximum Gasteiger partial charge on any atom is 0.168 e. The van der Waals surface area contributed by atoms with Crippen molar-refractivity contribution in [3.63, 3.8) is 0 Å². The summed E-state index contributed by atoms with van der Waals surface area (Å²) in [6, 6.07) is 6.57. The van der Waals surface area contributed by atoms with Crippen LogP contribution in [-0.4, -0.2) is 4.98 Å². The molecule has 1 aliphatic rings. The number of nitrogens with zero attached hydrogens (tertiary/aromatic N) is 1. The first-order valence-corrected chi connectivity index (χ1v) is 6.59. The number of aryl methyl sites for hydroxylation is 1. The summed E-state index contributed by atoms with van der Waals surface area (Å²) in [5, 5.41) is 3.06. The van der Waals surface area contributed by atoms with Crippen LogP contribution in [0, 0.1) is 11.6 Å². The van der Waals surface area contributed by atoms with Crippen LogP contribution in [0.4, 0.5) is 20.3 Å². The van der Waals surface area contributed by atoms with Gasteiger partial charge in [-0.05, 0) is 42.5 Å². The first-order valence-electron chi connectivity index (χ1n) is 6.59. The summed E-state index contributed by atoms with van der Waals surface area (Å²) >= 11 is 0. The zero-order valence-corrected chi connectivity index (χ0v) is 10.9. The van der Waals surface area contributed by atoms with Crippen LogP contribution in [0.25, 0.3) is 0 Å². The van der Waals surface area contributed by atoms with Gasteiger partial charge in [0.25, 0.3) is 0 Å². The Hall–Kier alpha value is -2.17. The third-order valence-corrected chi connectivity index (χ3v) is 3.60. The van der Waals surface area contributed by atoms with Crippen molar-refractivity contribution < 1.29 is 8.78 Å². The molecule has 0 saturated heterocycles. The number of hydrogen-bond donors (Lipinski definition) is 2. The van der Waals surface area contributed by atoms with Crippen LogP contribution in [0.3, 0.4) is 0 Å². The Bertz CT molecular complexity index is 643. The molecule has 3 nitrogen and oxygen atoms in total. The topological polar surface area (TPSA) is 50.9 Å². The van der Waals surface area contributed by atoms with Gasteiger partial charge in [-0.2, -0.15) is 0 Å². The molecule has 1 aliphatic carbocycles. The fourth-order valence-electron chi connectivity index (χ4n) is 2.67. The summed E-state index contributed by atoms with van der Waals surface area (Å²) < 4.78 is 26.5. The molecule has 20 heavy (non-hydrogen) atoms. The van der Waals surface area contributed by atoms with Crippen molar-refractivity contribution in [2.75, 3.05) is 11.1 Å². The number of halogens is 2. The number of fused-ring (bicyclic) bond motifs is 1. The van der Waals surface area contributed by atoms with Crippen molar-refractivity contribution in [3.8, 4) is 0 Å². The first kappa shape index (κ1) is 12.8. The SMILES string of the molecule is Nc1ccc2c(c1)CCCC2Nc1ncc(F)cc1F. The molecule has 1 heterocycles. The number of nitrogens with two attached hydrogens (primary N) is 1. The van der Waals surface area contributed by atoms with E-state index in [-0.39, 0.29) is 11.9 Å². The average molecular weight is 275 g/mol. The predicted molar refractivity (Wildman–Crippen MR) is 74.3 cm³/mol. The van der Waals surface area contributed by atoms with Gasteiger partial charge in [0.2, 0.25) is 0 Å². The number of rotatable bonds is 2. The Morgan fingerprint density at radius 1 is 1.25 bits per heavy atom. The van der Waals surface area contributed by atoms with E-state index in [0.717, 1.165) is 42.8 Å². The molecule has 0 spiro atoms. The quantitative estimate of drug-likeness (QED) is 0.825. The zero-order valence-electron chi connectivity index (χ0n) is 10.9. The van der Waals surface area contributed by atoms with Crippen LogP contribution in [0.2, 0.25) is 0 Å². The van der Waals surface area contributed by atoms with Crippen molar-refractivity contribution in [1.29, 1.82) is 0 Å². The minimum absolute atomic E-state index is 0.0215. The van der Waals surface area contributed by atoms with Crippen molar-refractivity contribution in [2.24, 2.45) is 0 Å². The van der Waals surface area contributed by atoms with E-state index in [0.29, 0.717) is 0 Å². The normalized spacial score (nSPS) is 17.6. The molecule has 0 saturated carbocycles. The van der Waals surface area contributed by atoms with Crippen molar-refractivity contribution in [1.82, 2.24) is 4.98 Å². The van der Waals surface area contributed by atoms with Crippen LogP contribution in [-0.2, 0) is 6.42 Å². The first-order chi connectivity index (χ1) is 9.63. The highest BCUT2D eigenvalue weighted by atomic mass is 19.1. The summed E-state index contributed by atoms with van der Waals surface area (Å²) in [6.45, 7) is 0. The number of benzene rings is 1. The molecule has 0 amide bonds. The highest BCUT2D eigenvalue weighted by molar-refractivity contribution is 5.49. The highest BCUT2D eigenvalue weighted by Gasteiger charge is 2.21. The lowest BCUT2D eigenvalue weighted by Gasteiger charge is -2.27. The summed E-state index contributed by atoms with van der Waals surface area (Å²) in [4.78, 5) is 3.78. The van der Waals surface area contributed by atoms with Crippen molar-refractivity contribution >= 4 is 11.5 Å². The van der Waals surface area contributed by atoms with Gasteiger partial charge in [0.1, 0.15) is 5.82 Å². The number of aromatic nitrogens is 1. The monoisotopic (exact) mass is 275 g/mol. The van der Waals surface area contributed by atoms with E-state index in [1.165, 1.54) is 5.56 Å². The van der Waals surface area contributed by atoms with Crippen LogP contribution >= 0.6 is 0 Å². The number of hydrogen-bond acceptors (Lipinski definition) is 3. The van der Waals surface area contributed by atoms with E-state index in [9.17, 15) is 8.78 Å². The maximum atomic E-state index is 13.7. The molecule has 1 unspecified atom stereocenters. The third-order valence-electron chi connectivity index (χ3n) is 3.60. The molecule has 0 radical (unpaired) electrons. The molecule has 3 rings (SSSR count).